The van der Waals surface area contributed by atoms with Gasteiger partial charge in [-0.2, -0.15) is 0 Å². The number of hydrogen-bond donors (Lipinski definition) is 0. The lowest BCUT2D eigenvalue weighted by Gasteiger charge is -2.27. The fourth-order valence-corrected chi connectivity index (χ4v) is 5.85. The van der Waals surface area contributed by atoms with Crippen molar-refractivity contribution in [1.82, 2.24) is 4.90 Å². The first kappa shape index (κ1) is 35.0. The Kier molecular flexibility index (Phi) is 13.6. The van der Waals surface area contributed by atoms with Gasteiger partial charge in [-0.15, -0.1) is 0 Å². The van der Waals surface area contributed by atoms with E-state index in [-0.39, 0.29) is 29.3 Å². The summed E-state index contributed by atoms with van der Waals surface area (Å²) in [5, 5.41) is 1.36. The molecule has 0 aliphatic heterocycles. The van der Waals surface area contributed by atoms with Crippen LogP contribution in [0.3, 0.4) is 0 Å². The number of furan rings is 1. The van der Waals surface area contributed by atoms with Gasteiger partial charge in [-0.05, 0) is 92.8 Å². The van der Waals surface area contributed by atoms with Crippen LogP contribution in [0.5, 0.6) is 0 Å². The largest absolute Gasteiger partial charge is 0.453 e. The third-order valence-corrected chi connectivity index (χ3v) is 8.34. The Balaban J connectivity index is 1.64. The average Bonchev–Trinajstić information content (AvgIpc) is 3.33. The zero-order valence-electron chi connectivity index (χ0n) is 26.9. The minimum Gasteiger partial charge on any atom is -0.453 e. The van der Waals surface area contributed by atoms with Crippen molar-refractivity contribution in [2.45, 2.75) is 66.7 Å². The van der Waals surface area contributed by atoms with Gasteiger partial charge in [-0.3, -0.25) is 14.6 Å². The third kappa shape index (κ3) is 9.49. The van der Waals surface area contributed by atoms with Crippen LogP contribution in [0, 0.1) is 30.5 Å². The number of amides is 1. The molecule has 2 unspecified atom stereocenters. The topological polar surface area (TPSA) is 62.9 Å². The highest BCUT2D eigenvalue weighted by Gasteiger charge is 2.28. The van der Waals surface area contributed by atoms with Crippen LogP contribution >= 0.6 is 11.6 Å². The van der Waals surface area contributed by atoms with Gasteiger partial charge < -0.3 is 9.32 Å². The number of rotatable bonds is 16. The first-order chi connectivity index (χ1) is 21.1. The van der Waals surface area contributed by atoms with Crippen molar-refractivity contribution in [2.75, 3.05) is 20.1 Å². The van der Waals surface area contributed by atoms with Gasteiger partial charge >= 0.3 is 0 Å². The van der Waals surface area contributed by atoms with Gasteiger partial charge in [0.25, 0.3) is 5.91 Å². The molecule has 3 rings (SSSR count). The number of allylic oxidation sites excluding steroid dienone is 3. The molecule has 1 amide bonds. The summed E-state index contributed by atoms with van der Waals surface area (Å²) in [5.74, 6) is -0.105. The molecule has 44 heavy (non-hydrogen) atoms. The maximum absolute atomic E-state index is 13.8. The molecule has 5 nitrogen and oxygen atoms in total. The van der Waals surface area contributed by atoms with E-state index in [2.05, 4.69) is 31.0 Å². The molecule has 0 bridgehead atoms. The fraction of sp³-hybridized carbons (Fsp3) is 0.432. The molecule has 0 aliphatic rings. The highest BCUT2D eigenvalue weighted by Crippen LogP contribution is 2.30. The van der Waals surface area contributed by atoms with E-state index in [1.54, 1.807) is 26.1 Å². The second-order valence-corrected chi connectivity index (χ2v) is 12.0. The number of aryl methyl sites for hydroxylation is 1. The molecule has 7 heteroatoms. The lowest BCUT2D eigenvalue weighted by molar-refractivity contribution is -0.124. The SMILES string of the molecule is CCCN(C[C@H](C)CC(CC)C(=O)c1oc2ccc(F)cc2c1C)C(=O)C(/C=C/C=C/C(CC)Cc1cccc(Cl)c1)=N/C. The van der Waals surface area contributed by atoms with Gasteiger partial charge in [0.15, 0.2) is 5.76 Å². The van der Waals surface area contributed by atoms with E-state index in [9.17, 15) is 14.0 Å². The number of Topliss-reactive ketones (excluding diaryl/α,β-unsaturated/α-hetero) is 1. The Morgan fingerprint density at radius 2 is 1.86 bits per heavy atom. The summed E-state index contributed by atoms with van der Waals surface area (Å²) >= 11 is 6.15. The summed E-state index contributed by atoms with van der Waals surface area (Å²) in [5.41, 5.74) is 2.77. The summed E-state index contributed by atoms with van der Waals surface area (Å²) in [6.07, 6.45) is 11.7. The monoisotopic (exact) mass is 620 g/mol. The van der Waals surface area contributed by atoms with E-state index >= 15 is 0 Å². The Morgan fingerprint density at radius 1 is 1.09 bits per heavy atom. The third-order valence-electron chi connectivity index (χ3n) is 8.11. The molecule has 0 fully saturated rings. The van der Waals surface area contributed by atoms with Crippen LogP contribution in [0.15, 0.2) is 76.2 Å². The standard InChI is InChI=1S/C37H46ClFN2O3/c1-7-19-41(37(43)33(40-6)16-11-10-13-27(8-2)21-28-14-12-15-30(38)22-28)24-25(4)20-29(9-3)35(42)36-26(5)32-23-31(39)17-18-34(32)44-36/h10-18,22-23,25,27,29H,7-9,19-21,24H2,1-6H3/b13-10+,16-11+,40-33+/t25-,27?,29?/m1/s1. The van der Waals surface area contributed by atoms with E-state index in [0.29, 0.717) is 59.9 Å². The number of ketones is 1. The lowest BCUT2D eigenvalue weighted by Crippen LogP contribution is -2.40. The van der Waals surface area contributed by atoms with E-state index in [4.69, 9.17) is 16.0 Å². The molecular weight excluding hydrogens is 575 g/mol. The van der Waals surface area contributed by atoms with E-state index in [0.717, 1.165) is 24.3 Å². The van der Waals surface area contributed by atoms with Crippen LogP contribution in [-0.2, 0) is 11.2 Å². The molecule has 0 saturated heterocycles. The van der Waals surface area contributed by atoms with Crippen molar-refractivity contribution in [3.63, 3.8) is 0 Å². The van der Waals surface area contributed by atoms with E-state index in [1.165, 1.54) is 17.7 Å². The molecule has 0 radical (unpaired) electrons. The van der Waals surface area contributed by atoms with Gasteiger partial charge in [0.1, 0.15) is 17.1 Å². The Bertz CT molecular complexity index is 1510. The number of aliphatic imine (C=N–C) groups is 1. The fourth-order valence-electron chi connectivity index (χ4n) is 5.64. The maximum Gasteiger partial charge on any atom is 0.271 e. The summed E-state index contributed by atoms with van der Waals surface area (Å²) in [6.45, 7) is 11.2. The van der Waals surface area contributed by atoms with Gasteiger partial charge in [-0.1, -0.05) is 69.7 Å². The maximum atomic E-state index is 13.8. The Hall–Kier alpha value is -3.51. The van der Waals surface area contributed by atoms with Crippen molar-refractivity contribution < 1.29 is 18.4 Å². The normalized spacial score (nSPS) is 14.4. The first-order valence-electron chi connectivity index (χ1n) is 15.7. The summed E-state index contributed by atoms with van der Waals surface area (Å²) < 4.78 is 19.7. The average molecular weight is 621 g/mol. The predicted octanol–water partition coefficient (Wildman–Crippen LogP) is 9.46. The highest BCUT2D eigenvalue weighted by molar-refractivity contribution is 6.43. The van der Waals surface area contributed by atoms with Crippen LogP contribution in [-0.4, -0.2) is 42.4 Å². The number of nitrogens with zero attached hydrogens (tertiary/aromatic N) is 2. The molecule has 3 aromatic rings. The van der Waals surface area contributed by atoms with Crippen molar-refractivity contribution in [2.24, 2.45) is 22.7 Å². The second kappa shape index (κ2) is 17.1. The minimum absolute atomic E-state index is 0.0697. The van der Waals surface area contributed by atoms with Crippen molar-refractivity contribution >= 4 is 40.0 Å². The zero-order valence-corrected chi connectivity index (χ0v) is 27.7. The molecule has 0 spiro atoms. The van der Waals surface area contributed by atoms with Gasteiger partial charge in [0.05, 0.1) is 0 Å². The van der Waals surface area contributed by atoms with Crippen molar-refractivity contribution in [1.29, 1.82) is 0 Å². The van der Waals surface area contributed by atoms with E-state index in [1.807, 2.05) is 49.1 Å². The number of carbonyl (C=O) groups is 2. The second-order valence-electron chi connectivity index (χ2n) is 11.6. The number of halogens is 2. The molecule has 0 saturated carbocycles. The summed E-state index contributed by atoms with van der Waals surface area (Å²) in [6, 6.07) is 12.2. The predicted molar refractivity (Wildman–Crippen MR) is 180 cm³/mol. The molecule has 1 aromatic heterocycles. The van der Waals surface area contributed by atoms with Crippen molar-refractivity contribution in [3.8, 4) is 0 Å². The van der Waals surface area contributed by atoms with Crippen LogP contribution < -0.4 is 0 Å². The Morgan fingerprint density at radius 3 is 2.52 bits per heavy atom. The Labute approximate surface area is 266 Å². The molecule has 0 N–H and O–H groups in total. The van der Waals surface area contributed by atoms with Gasteiger partial charge in [-0.25, -0.2) is 4.39 Å². The summed E-state index contributed by atoms with van der Waals surface area (Å²) in [7, 11) is 1.64. The highest BCUT2D eigenvalue weighted by atomic mass is 35.5. The lowest BCUT2D eigenvalue weighted by atomic mass is 9.88. The molecule has 3 atom stereocenters. The van der Waals surface area contributed by atoms with Crippen LogP contribution in [0.1, 0.15) is 75.1 Å². The van der Waals surface area contributed by atoms with E-state index < -0.39 is 0 Å². The molecular formula is C37H46ClFN2O3. The van der Waals surface area contributed by atoms with Crippen molar-refractivity contribution in [3.05, 3.63) is 94.5 Å². The van der Waals surface area contributed by atoms with Crippen LogP contribution in [0.25, 0.3) is 11.0 Å². The number of benzene rings is 2. The number of hydrogen-bond acceptors (Lipinski definition) is 4. The minimum atomic E-state index is -0.360. The smallest absolute Gasteiger partial charge is 0.271 e. The number of carbonyl (C=O) groups excluding carboxylic acids is 2. The van der Waals surface area contributed by atoms with Crippen LogP contribution in [0.4, 0.5) is 4.39 Å². The molecule has 236 valence electrons. The van der Waals surface area contributed by atoms with Crippen LogP contribution in [0.2, 0.25) is 5.02 Å². The molecule has 2 aromatic carbocycles. The number of fused-ring (bicyclic) bond motifs is 1. The quantitative estimate of drug-likeness (QED) is 0.0910. The van der Waals surface area contributed by atoms with Gasteiger partial charge in [0.2, 0.25) is 5.78 Å². The molecule has 1 heterocycles. The molecule has 0 aliphatic carbocycles. The first-order valence-corrected chi connectivity index (χ1v) is 16.1. The van der Waals surface area contributed by atoms with Gasteiger partial charge in [0, 0.05) is 42.0 Å². The summed E-state index contributed by atoms with van der Waals surface area (Å²) in [4.78, 5) is 33.2. The zero-order chi connectivity index (χ0) is 32.2.